The summed E-state index contributed by atoms with van der Waals surface area (Å²) >= 11 is 0. The lowest BCUT2D eigenvalue weighted by molar-refractivity contribution is 0.0648. The van der Waals surface area contributed by atoms with Crippen molar-refractivity contribution in [1.82, 2.24) is 20.0 Å². The molecule has 1 atom stereocenters. The van der Waals surface area contributed by atoms with Gasteiger partial charge in [-0.25, -0.2) is 4.68 Å². The van der Waals surface area contributed by atoms with Gasteiger partial charge in [0.1, 0.15) is 0 Å². The topological polar surface area (TPSA) is 50.2 Å². The molecular formula is C20H26N4O. The number of amides is 1. The third-order valence-electron chi connectivity index (χ3n) is 5.48. The zero-order valence-electron chi connectivity index (χ0n) is 15.3. The van der Waals surface area contributed by atoms with Crippen molar-refractivity contribution < 1.29 is 4.79 Å². The van der Waals surface area contributed by atoms with E-state index in [2.05, 4.69) is 44.3 Å². The van der Waals surface area contributed by atoms with Crippen LogP contribution in [0.5, 0.6) is 0 Å². The summed E-state index contributed by atoms with van der Waals surface area (Å²) in [4.78, 5) is 15.2. The number of fused-ring (bicyclic) bond motifs is 1. The van der Waals surface area contributed by atoms with Crippen LogP contribution in [0.2, 0.25) is 0 Å². The fourth-order valence-corrected chi connectivity index (χ4v) is 4.13. The van der Waals surface area contributed by atoms with E-state index < -0.39 is 0 Å². The number of carbonyl (C=O) groups excluding carboxylic acids is 1. The molecule has 1 saturated heterocycles. The molecule has 1 aliphatic heterocycles. The van der Waals surface area contributed by atoms with Crippen molar-refractivity contribution >= 4 is 5.91 Å². The molecule has 1 N–H and O–H groups in total. The molecule has 1 fully saturated rings. The third-order valence-corrected chi connectivity index (χ3v) is 5.48. The number of hydrogen-bond acceptors (Lipinski definition) is 3. The Balaban J connectivity index is 1.76. The zero-order valence-corrected chi connectivity index (χ0v) is 15.3. The van der Waals surface area contributed by atoms with Crippen molar-refractivity contribution in [2.24, 2.45) is 0 Å². The van der Waals surface area contributed by atoms with Crippen molar-refractivity contribution in [2.75, 3.05) is 19.6 Å². The van der Waals surface area contributed by atoms with Crippen molar-refractivity contribution in [3.63, 3.8) is 0 Å². The summed E-state index contributed by atoms with van der Waals surface area (Å²) in [5.41, 5.74) is 6.59. The molecule has 2 aromatic rings. The Labute approximate surface area is 149 Å². The fraction of sp³-hybridized carbons (Fsp3) is 0.500. The second-order valence-electron chi connectivity index (χ2n) is 7.38. The minimum absolute atomic E-state index is 0.0932. The van der Waals surface area contributed by atoms with E-state index >= 15 is 0 Å². The lowest BCUT2D eigenvalue weighted by Crippen LogP contribution is -2.52. The first-order valence-corrected chi connectivity index (χ1v) is 9.26. The maximum Gasteiger partial charge on any atom is 0.274 e. The first-order valence-electron chi connectivity index (χ1n) is 9.26. The summed E-state index contributed by atoms with van der Waals surface area (Å²) in [6.45, 7) is 8.79. The van der Waals surface area contributed by atoms with Gasteiger partial charge in [0, 0.05) is 36.9 Å². The molecule has 1 aliphatic carbocycles. The van der Waals surface area contributed by atoms with Gasteiger partial charge < -0.3 is 10.2 Å². The van der Waals surface area contributed by atoms with Crippen LogP contribution in [0.1, 0.15) is 46.2 Å². The first kappa shape index (κ1) is 16.3. The molecular weight excluding hydrogens is 312 g/mol. The highest BCUT2D eigenvalue weighted by Gasteiger charge is 2.32. The van der Waals surface area contributed by atoms with Crippen molar-refractivity contribution in [3.05, 3.63) is 46.3 Å². The van der Waals surface area contributed by atoms with E-state index in [9.17, 15) is 4.79 Å². The number of rotatable bonds is 2. The predicted molar refractivity (Wildman–Crippen MR) is 98.4 cm³/mol. The molecule has 132 valence electrons. The van der Waals surface area contributed by atoms with Gasteiger partial charge in [-0.1, -0.05) is 17.7 Å². The normalized spacial score (nSPS) is 20.0. The van der Waals surface area contributed by atoms with E-state index in [1.807, 2.05) is 9.58 Å². The second-order valence-corrected chi connectivity index (χ2v) is 7.38. The molecule has 1 aromatic heterocycles. The van der Waals surface area contributed by atoms with Gasteiger partial charge in [-0.3, -0.25) is 4.79 Å². The van der Waals surface area contributed by atoms with Crippen LogP contribution < -0.4 is 5.32 Å². The summed E-state index contributed by atoms with van der Waals surface area (Å²) in [5.74, 6) is 0.0932. The van der Waals surface area contributed by atoms with Gasteiger partial charge in [-0.2, -0.15) is 5.10 Å². The third kappa shape index (κ3) is 2.76. The standard InChI is InChI=1S/C20H26N4O/c1-13-7-8-17(14(2)11-13)24-18-6-4-5-16(18)19(22-24)20(25)23-10-9-21-12-15(23)3/h7-8,11,15,21H,4-6,9-10,12H2,1-3H3/t15-/m1/s1. The van der Waals surface area contributed by atoms with Gasteiger partial charge >= 0.3 is 0 Å². The quantitative estimate of drug-likeness (QED) is 0.915. The number of aryl methyl sites for hydroxylation is 2. The molecule has 0 saturated carbocycles. The van der Waals surface area contributed by atoms with Gasteiger partial charge in [0.15, 0.2) is 5.69 Å². The van der Waals surface area contributed by atoms with E-state index in [1.54, 1.807) is 0 Å². The molecule has 0 bridgehead atoms. The Morgan fingerprint density at radius 1 is 1.28 bits per heavy atom. The largest absolute Gasteiger partial charge is 0.332 e. The molecule has 1 aromatic carbocycles. The van der Waals surface area contributed by atoms with Crippen LogP contribution in [0.4, 0.5) is 0 Å². The molecule has 5 heteroatoms. The predicted octanol–water partition coefficient (Wildman–Crippen LogP) is 2.41. The molecule has 25 heavy (non-hydrogen) atoms. The molecule has 5 nitrogen and oxygen atoms in total. The molecule has 2 heterocycles. The van der Waals surface area contributed by atoms with Crippen molar-refractivity contribution in [2.45, 2.75) is 46.1 Å². The number of nitrogens with zero attached hydrogens (tertiary/aromatic N) is 3. The maximum absolute atomic E-state index is 13.2. The van der Waals surface area contributed by atoms with E-state index in [1.165, 1.54) is 16.8 Å². The highest BCUT2D eigenvalue weighted by Crippen LogP contribution is 2.30. The highest BCUT2D eigenvalue weighted by atomic mass is 16.2. The van der Waals surface area contributed by atoms with Gasteiger partial charge in [-0.05, 0) is 51.7 Å². The minimum atomic E-state index is 0.0932. The van der Waals surface area contributed by atoms with Crippen LogP contribution in [0.3, 0.4) is 0 Å². The molecule has 1 amide bonds. The minimum Gasteiger partial charge on any atom is -0.332 e. The Kier molecular flexibility index (Phi) is 4.12. The second kappa shape index (κ2) is 6.30. The van der Waals surface area contributed by atoms with Crippen LogP contribution in [0, 0.1) is 13.8 Å². The summed E-state index contributed by atoms with van der Waals surface area (Å²) in [7, 11) is 0. The van der Waals surface area contributed by atoms with E-state index in [0.717, 1.165) is 50.1 Å². The van der Waals surface area contributed by atoms with E-state index in [0.29, 0.717) is 5.69 Å². The van der Waals surface area contributed by atoms with Crippen molar-refractivity contribution in [1.29, 1.82) is 0 Å². The van der Waals surface area contributed by atoms with Crippen LogP contribution in [-0.2, 0) is 12.8 Å². The van der Waals surface area contributed by atoms with Gasteiger partial charge in [-0.15, -0.1) is 0 Å². The van der Waals surface area contributed by atoms with Crippen LogP contribution in [-0.4, -0.2) is 46.3 Å². The van der Waals surface area contributed by atoms with Crippen molar-refractivity contribution in [3.8, 4) is 5.69 Å². The number of carbonyl (C=O) groups is 1. The smallest absolute Gasteiger partial charge is 0.274 e. The molecule has 0 radical (unpaired) electrons. The molecule has 0 unspecified atom stereocenters. The molecule has 0 spiro atoms. The Bertz CT molecular complexity index is 823. The molecule has 4 rings (SSSR count). The summed E-state index contributed by atoms with van der Waals surface area (Å²) in [6.07, 6.45) is 3.07. The Hall–Kier alpha value is -2.14. The van der Waals surface area contributed by atoms with Crippen LogP contribution >= 0.6 is 0 Å². The highest BCUT2D eigenvalue weighted by molar-refractivity contribution is 5.94. The number of benzene rings is 1. The first-order chi connectivity index (χ1) is 12.1. The summed E-state index contributed by atoms with van der Waals surface area (Å²) in [6, 6.07) is 6.63. The Morgan fingerprint density at radius 2 is 2.12 bits per heavy atom. The van der Waals surface area contributed by atoms with Gasteiger partial charge in [0.2, 0.25) is 0 Å². The summed E-state index contributed by atoms with van der Waals surface area (Å²) in [5, 5.41) is 8.15. The van der Waals surface area contributed by atoms with Gasteiger partial charge in [0.25, 0.3) is 5.91 Å². The van der Waals surface area contributed by atoms with E-state index in [-0.39, 0.29) is 11.9 Å². The van der Waals surface area contributed by atoms with Gasteiger partial charge in [0.05, 0.1) is 5.69 Å². The number of nitrogens with one attached hydrogen (secondary N) is 1. The fourth-order valence-electron chi connectivity index (χ4n) is 4.13. The lowest BCUT2D eigenvalue weighted by Gasteiger charge is -2.33. The average molecular weight is 338 g/mol. The monoisotopic (exact) mass is 338 g/mol. The number of piperazine rings is 1. The van der Waals surface area contributed by atoms with Crippen LogP contribution in [0.15, 0.2) is 18.2 Å². The Morgan fingerprint density at radius 3 is 2.88 bits per heavy atom. The lowest BCUT2D eigenvalue weighted by atomic mass is 10.1. The number of aromatic nitrogens is 2. The average Bonchev–Trinajstić information content (AvgIpc) is 3.18. The SMILES string of the molecule is Cc1ccc(-n2nc(C(=O)N3CCNC[C@H]3C)c3c2CCC3)c(C)c1. The molecule has 2 aliphatic rings. The number of hydrogen-bond donors (Lipinski definition) is 1. The van der Waals surface area contributed by atoms with E-state index in [4.69, 9.17) is 5.10 Å². The maximum atomic E-state index is 13.2. The summed E-state index contributed by atoms with van der Waals surface area (Å²) < 4.78 is 2.03. The zero-order chi connectivity index (χ0) is 17.6. The van der Waals surface area contributed by atoms with Crippen LogP contribution in [0.25, 0.3) is 5.69 Å².